The van der Waals surface area contributed by atoms with Gasteiger partial charge in [0.1, 0.15) is 0 Å². The van der Waals surface area contributed by atoms with E-state index in [1.807, 2.05) is 0 Å². The molecule has 8 aromatic rings. The van der Waals surface area contributed by atoms with Gasteiger partial charge in [-0.3, -0.25) is 0 Å². The first kappa shape index (κ1) is 49.7. The molecule has 0 amide bonds. The highest BCUT2D eigenvalue weighted by Gasteiger charge is 2.31. The highest BCUT2D eigenvalue weighted by Crippen LogP contribution is 2.53. The average Bonchev–Trinajstić information content (AvgIpc) is 3.44. The lowest BCUT2D eigenvalue weighted by Crippen LogP contribution is -2.37. The van der Waals surface area contributed by atoms with Crippen LogP contribution in [0.2, 0.25) is 39.3 Å². The summed E-state index contributed by atoms with van der Waals surface area (Å²) >= 11 is 0. The fourth-order valence-corrected chi connectivity index (χ4v) is 17.0. The first-order chi connectivity index (χ1) is 36.0. The van der Waals surface area contributed by atoms with Crippen molar-refractivity contribution in [3.05, 3.63) is 156 Å². The van der Waals surface area contributed by atoms with Crippen molar-refractivity contribution in [1.82, 2.24) is 0 Å². The van der Waals surface area contributed by atoms with Gasteiger partial charge in [-0.1, -0.05) is 200 Å². The standard InChI is InChI=1S/C70H84N2Si2/c1-73(2,3)59-39-35-57(36-40-59)71(55-31-27-51(28-32-55)49-19-11-7-12-20-49)67-47-65(53-23-15-9-16-24-53)61-44-46-64-68(48-66(54-25-17-10-18-26-54)62-43-45-63(67)69(61)70(62)64)72(58-37-41-60(42-38-58)74(4,5)6)56-33-29-52(30-34-56)50-21-13-8-14-22-50/h27-50,53-54H,7-26H2,1-6H3. The van der Waals surface area contributed by atoms with Crippen LogP contribution in [-0.4, -0.2) is 16.1 Å². The molecule has 0 spiro atoms. The van der Waals surface area contributed by atoms with E-state index in [9.17, 15) is 0 Å². The summed E-state index contributed by atoms with van der Waals surface area (Å²) in [6.07, 6.45) is 26.5. The van der Waals surface area contributed by atoms with Gasteiger partial charge in [0.25, 0.3) is 0 Å². The predicted molar refractivity (Wildman–Crippen MR) is 329 cm³/mol. The van der Waals surface area contributed by atoms with E-state index in [4.69, 9.17) is 0 Å². The Morgan fingerprint density at radius 2 is 0.568 bits per heavy atom. The minimum atomic E-state index is -1.52. The van der Waals surface area contributed by atoms with Gasteiger partial charge >= 0.3 is 0 Å². The zero-order chi connectivity index (χ0) is 50.6. The van der Waals surface area contributed by atoms with Crippen molar-refractivity contribution in [2.75, 3.05) is 9.80 Å². The van der Waals surface area contributed by atoms with Crippen LogP contribution in [0, 0.1) is 0 Å². The number of benzene rings is 8. The van der Waals surface area contributed by atoms with Gasteiger partial charge in [0.2, 0.25) is 0 Å². The molecule has 4 aliphatic rings. The monoisotopic (exact) mass is 1010 g/mol. The van der Waals surface area contributed by atoms with E-state index in [0.717, 1.165) is 0 Å². The normalized spacial score (nSPS) is 18.2. The summed E-state index contributed by atoms with van der Waals surface area (Å²) in [6.45, 7) is 14.9. The molecule has 4 aliphatic carbocycles. The molecular formula is C70H84N2Si2. The van der Waals surface area contributed by atoms with E-state index in [0.29, 0.717) is 23.7 Å². The highest BCUT2D eigenvalue weighted by atomic mass is 28.3. The summed E-state index contributed by atoms with van der Waals surface area (Å²) < 4.78 is 0. The van der Waals surface area contributed by atoms with Crippen molar-refractivity contribution in [3.8, 4) is 0 Å². The van der Waals surface area contributed by atoms with Crippen LogP contribution < -0.4 is 20.2 Å². The molecule has 0 unspecified atom stereocenters. The lowest BCUT2D eigenvalue weighted by molar-refractivity contribution is 0.443. The average molecular weight is 1010 g/mol. The van der Waals surface area contributed by atoms with Crippen molar-refractivity contribution < 1.29 is 0 Å². The number of rotatable bonds is 12. The molecule has 382 valence electrons. The van der Waals surface area contributed by atoms with Crippen molar-refractivity contribution in [1.29, 1.82) is 0 Å². The molecule has 0 radical (unpaired) electrons. The summed E-state index contributed by atoms with van der Waals surface area (Å²) in [5.41, 5.74) is 13.9. The van der Waals surface area contributed by atoms with Crippen LogP contribution in [-0.2, 0) is 0 Å². The van der Waals surface area contributed by atoms with E-state index in [2.05, 4.69) is 183 Å². The van der Waals surface area contributed by atoms with Crippen LogP contribution in [0.25, 0.3) is 32.3 Å². The van der Waals surface area contributed by atoms with Gasteiger partial charge in [-0.25, -0.2) is 0 Å². The second kappa shape index (κ2) is 20.8. The molecule has 74 heavy (non-hydrogen) atoms. The fourth-order valence-electron chi connectivity index (χ4n) is 14.6. The predicted octanol–water partition coefficient (Wildman–Crippen LogP) is 20.8. The van der Waals surface area contributed by atoms with Crippen LogP contribution >= 0.6 is 0 Å². The van der Waals surface area contributed by atoms with Gasteiger partial charge in [-0.2, -0.15) is 0 Å². The molecule has 0 bridgehead atoms. The van der Waals surface area contributed by atoms with Gasteiger partial charge in [0.05, 0.1) is 27.5 Å². The Labute approximate surface area is 447 Å². The van der Waals surface area contributed by atoms with Gasteiger partial charge in [-0.15, -0.1) is 0 Å². The molecule has 4 saturated carbocycles. The van der Waals surface area contributed by atoms with Crippen molar-refractivity contribution in [2.24, 2.45) is 0 Å². The van der Waals surface area contributed by atoms with Crippen molar-refractivity contribution in [2.45, 2.75) is 191 Å². The molecule has 0 atom stereocenters. The van der Waals surface area contributed by atoms with Crippen LogP contribution in [0.3, 0.4) is 0 Å². The van der Waals surface area contributed by atoms with Crippen LogP contribution in [0.4, 0.5) is 34.1 Å². The van der Waals surface area contributed by atoms with Crippen LogP contribution in [0.1, 0.15) is 174 Å². The van der Waals surface area contributed by atoms with Crippen molar-refractivity contribution in [3.63, 3.8) is 0 Å². The Morgan fingerprint density at radius 3 is 0.865 bits per heavy atom. The smallest absolute Gasteiger partial charge is 0.0775 e. The molecule has 4 fully saturated rings. The third kappa shape index (κ3) is 9.70. The van der Waals surface area contributed by atoms with Gasteiger partial charge < -0.3 is 9.80 Å². The molecule has 8 aromatic carbocycles. The zero-order valence-corrected chi connectivity index (χ0v) is 48.0. The molecule has 0 saturated heterocycles. The lowest BCUT2D eigenvalue weighted by atomic mass is 9.77. The Bertz CT molecular complexity index is 2970. The first-order valence-corrected chi connectivity index (χ1v) is 36.8. The first-order valence-electron chi connectivity index (χ1n) is 29.8. The molecule has 4 heteroatoms. The van der Waals surface area contributed by atoms with Crippen LogP contribution in [0.5, 0.6) is 0 Å². The molecule has 0 aliphatic heterocycles. The Balaban J connectivity index is 1.13. The van der Waals surface area contributed by atoms with Gasteiger partial charge in [-0.05, 0) is 180 Å². The van der Waals surface area contributed by atoms with Gasteiger partial charge in [0.15, 0.2) is 0 Å². The molecular weight excluding hydrogens is 925 g/mol. The summed E-state index contributed by atoms with van der Waals surface area (Å²) in [4.78, 5) is 5.33. The second-order valence-corrected chi connectivity index (χ2v) is 36.0. The third-order valence-electron chi connectivity index (χ3n) is 18.9. The van der Waals surface area contributed by atoms with E-state index in [1.54, 1.807) is 11.1 Å². The van der Waals surface area contributed by atoms with E-state index < -0.39 is 16.1 Å². The van der Waals surface area contributed by atoms with E-state index >= 15 is 0 Å². The minimum Gasteiger partial charge on any atom is -0.310 e. The maximum absolute atomic E-state index is 2.68. The molecule has 0 aromatic heterocycles. The number of hydrogen-bond acceptors (Lipinski definition) is 2. The second-order valence-electron chi connectivity index (χ2n) is 25.8. The largest absolute Gasteiger partial charge is 0.310 e. The van der Waals surface area contributed by atoms with E-state index in [-0.39, 0.29) is 0 Å². The Morgan fingerprint density at radius 1 is 0.297 bits per heavy atom. The molecule has 0 heterocycles. The van der Waals surface area contributed by atoms with Crippen molar-refractivity contribution >= 4 is 93.0 Å². The van der Waals surface area contributed by atoms with Crippen LogP contribution in [0.15, 0.2) is 133 Å². The number of hydrogen-bond donors (Lipinski definition) is 0. The maximum Gasteiger partial charge on any atom is 0.0775 e. The number of anilines is 6. The Hall–Kier alpha value is -5.17. The zero-order valence-electron chi connectivity index (χ0n) is 46.0. The Kier molecular flexibility index (Phi) is 13.9. The quantitative estimate of drug-likeness (QED) is 0.0889. The van der Waals surface area contributed by atoms with E-state index in [1.165, 1.54) is 216 Å². The SMILES string of the molecule is C[Si](C)(C)c1ccc(N(c2ccc(C3CCCCC3)cc2)c2cc(C3CCCCC3)c3ccc4c(N(c5ccc(C6CCCCC6)cc5)c5ccc([Si](C)(C)C)cc5)cc(C5CCCCC5)c5ccc2c3c54)cc1. The lowest BCUT2D eigenvalue weighted by Gasteiger charge is -2.34. The molecule has 0 N–H and O–H groups in total. The third-order valence-corrected chi connectivity index (χ3v) is 23.1. The highest BCUT2D eigenvalue weighted by molar-refractivity contribution is 6.89. The fraction of sp³-hybridized carbons (Fsp3) is 0.429. The topological polar surface area (TPSA) is 6.48 Å². The summed E-state index contributed by atoms with van der Waals surface area (Å²) in [5, 5.41) is 11.7. The maximum atomic E-state index is 2.68. The minimum absolute atomic E-state index is 0.540. The summed E-state index contributed by atoms with van der Waals surface area (Å²) in [6, 6.07) is 55.1. The molecule has 2 nitrogen and oxygen atoms in total. The summed E-state index contributed by atoms with van der Waals surface area (Å²) in [5.74, 6) is 2.43. The van der Waals surface area contributed by atoms with Gasteiger partial charge in [0, 0.05) is 33.5 Å². The number of nitrogens with zero attached hydrogens (tertiary/aromatic N) is 2. The summed E-state index contributed by atoms with van der Waals surface area (Å²) in [7, 11) is -3.05. The molecule has 12 rings (SSSR count).